The van der Waals surface area contributed by atoms with Crippen LogP contribution in [-0.2, 0) is 4.74 Å². The molecule has 1 aromatic rings. The van der Waals surface area contributed by atoms with E-state index in [0.717, 1.165) is 34.9 Å². The zero-order valence-corrected chi connectivity index (χ0v) is 13.3. The molecule has 0 aliphatic heterocycles. The van der Waals surface area contributed by atoms with E-state index in [1.165, 1.54) is 12.8 Å². The van der Waals surface area contributed by atoms with Crippen molar-refractivity contribution in [1.82, 2.24) is 5.43 Å². The maximum atomic E-state index is 6.26. The number of hydrazine groups is 1. The first-order valence-corrected chi connectivity index (χ1v) is 7.67. The summed E-state index contributed by atoms with van der Waals surface area (Å²) in [5.74, 6) is 6.61. The van der Waals surface area contributed by atoms with Crippen LogP contribution >= 0.6 is 11.6 Å². The van der Waals surface area contributed by atoms with Crippen LogP contribution in [0.2, 0.25) is 5.02 Å². The summed E-state index contributed by atoms with van der Waals surface area (Å²) in [6.07, 6.45) is 4.38. The maximum absolute atomic E-state index is 6.26. The summed E-state index contributed by atoms with van der Waals surface area (Å²) in [6.45, 7) is 4.30. The molecule has 2 rings (SSSR count). The Bertz CT molecular complexity index is 456. The molecule has 1 fully saturated rings. The van der Waals surface area contributed by atoms with Gasteiger partial charge in [-0.2, -0.15) is 0 Å². The van der Waals surface area contributed by atoms with Gasteiger partial charge in [-0.25, -0.2) is 0 Å². The molecule has 20 heavy (non-hydrogen) atoms. The predicted molar refractivity (Wildman–Crippen MR) is 83.6 cm³/mol. The van der Waals surface area contributed by atoms with Crippen molar-refractivity contribution in [3.8, 4) is 0 Å². The third-order valence-corrected chi connectivity index (χ3v) is 5.16. The standard InChI is InChI=1S/C16H25ClN2O/c1-11-6-8-16(20-3,9-7-11)15(19-18)13-5-4-12(2)14(17)10-13/h4-5,10-11,15,19H,6-9,18H2,1-3H3. The molecule has 0 heterocycles. The SMILES string of the molecule is COC1(C(NN)c2ccc(C)c(Cl)c2)CCC(C)CC1. The molecular formula is C16H25ClN2O. The van der Waals surface area contributed by atoms with E-state index in [4.69, 9.17) is 22.2 Å². The Balaban J connectivity index is 2.31. The van der Waals surface area contributed by atoms with E-state index in [9.17, 15) is 0 Å². The second-order valence-corrected chi connectivity index (χ2v) is 6.47. The van der Waals surface area contributed by atoms with Gasteiger partial charge in [0.15, 0.2) is 0 Å². The highest BCUT2D eigenvalue weighted by Crippen LogP contribution is 2.43. The van der Waals surface area contributed by atoms with Gasteiger partial charge in [0.2, 0.25) is 0 Å². The lowest BCUT2D eigenvalue weighted by Crippen LogP contribution is -2.50. The number of ether oxygens (including phenoxy) is 1. The van der Waals surface area contributed by atoms with E-state index in [0.29, 0.717) is 0 Å². The Morgan fingerprint density at radius 3 is 2.55 bits per heavy atom. The molecule has 1 aliphatic carbocycles. The Morgan fingerprint density at radius 1 is 1.40 bits per heavy atom. The molecule has 0 amide bonds. The molecule has 0 radical (unpaired) electrons. The van der Waals surface area contributed by atoms with Gasteiger partial charge in [-0.05, 0) is 55.7 Å². The largest absolute Gasteiger partial charge is 0.376 e. The van der Waals surface area contributed by atoms with Crippen molar-refractivity contribution in [2.24, 2.45) is 11.8 Å². The third-order valence-electron chi connectivity index (χ3n) is 4.75. The van der Waals surface area contributed by atoms with Gasteiger partial charge in [0, 0.05) is 12.1 Å². The number of hydrogen-bond acceptors (Lipinski definition) is 3. The van der Waals surface area contributed by atoms with E-state index in [2.05, 4.69) is 18.4 Å². The van der Waals surface area contributed by atoms with Gasteiger partial charge in [0.05, 0.1) is 11.6 Å². The molecular weight excluding hydrogens is 272 g/mol. The monoisotopic (exact) mass is 296 g/mol. The van der Waals surface area contributed by atoms with Crippen molar-refractivity contribution >= 4 is 11.6 Å². The minimum Gasteiger partial charge on any atom is -0.376 e. The molecule has 0 saturated heterocycles. The van der Waals surface area contributed by atoms with Crippen molar-refractivity contribution in [3.63, 3.8) is 0 Å². The molecule has 112 valence electrons. The number of nitrogens with two attached hydrogens (primary N) is 1. The van der Waals surface area contributed by atoms with Gasteiger partial charge >= 0.3 is 0 Å². The van der Waals surface area contributed by atoms with Crippen LogP contribution in [0.1, 0.15) is 49.8 Å². The second kappa shape index (κ2) is 6.44. The predicted octanol–water partition coefficient (Wildman–Crippen LogP) is 3.75. The van der Waals surface area contributed by atoms with Crippen molar-refractivity contribution in [2.75, 3.05) is 7.11 Å². The van der Waals surface area contributed by atoms with Crippen LogP contribution in [0.25, 0.3) is 0 Å². The Morgan fingerprint density at radius 2 is 2.05 bits per heavy atom. The molecule has 1 saturated carbocycles. The lowest BCUT2D eigenvalue weighted by molar-refractivity contribution is -0.0761. The number of methoxy groups -OCH3 is 1. The van der Waals surface area contributed by atoms with Crippen LogP contribution in [-0.4, -0.2) is 12.7 Å². The van der Waals surface area contributed by atoms with Crippen LogP contribution < -0.4 is 11.3 Å². The van der Waals surface area contributed by atoms with Crippen LogP contribution in [0.3, 0.4) is 0 Å². The lowest BCUT2D eigenvalue weighted by Gasteiger charge is -2.44. The summed E-state index contributed by atoms with van der Waals surface area (Å²) in [6, 6.07) is 6.10. The number of rotatable bonds is 4. The van der Waals surface area contributed by atoms with E-state index in [-0.39, 0.29) is 11.6 Å². The number of aryl methyl sites for hydroxylation is 1. The second-order valence-electron chi connectivity index (χ2n) is 6.06. The van der Waals surface area contributed by atoms with Gasteiger partial charge in [-0.15, -0.1) is 0 Å². The quantitative estimate of drug-likeness (QED) is 0.657. The summed E-state index contributed by atoms with van der Waals surface area (Å²) in [4.78, 5) is 0. The third kappa shape index (κ3) is 3.01. The van der Waals surface area contributed by atoms with Crippen molar-refractivity contribution in [2.45, 2.75) is 51.2 Å². The smallest absolute Gasteiger partial charge is 0.0885 e. The van der Waals surface area contributed by atoms with Gasteiger partial charge in [0.1, 0.15) is 0 Å². The molecule has 4 heteroatoms. The first-order valence-electron chi connectivity index (χ1n) is 7.30. The fourth-order valence-corrected chi connectivity index (χ4v) is 3.39. The van der Waals surface area contributed by atoms with Gasteiger partial charge in [-0.3, -0.25) is 11.3 Å². The molecule has 0 spiro atoms. The highest BCUT2D eigenvalue weighted by atomic mass is 35.5. The summed E-state index contributed by atoms with van der Waals surface area (Å²) >= 11 is 6.26. The molecule has 3 N–H and O–H groups in total. The molecule has 1 unspecified atom stereocenters. The Labute approximate surface area is 126 Å². The first-order chi connectivity index (χ1) is 9.52. The molecule has 1 aromatic carbocycles. The number of halogens is 1. The Kier molecular flexibility index (Phi) is 5.08. The molecule has 0 aromatic heterocycles. The first kappa shape index (κ1) is 15.8. The van der Waals surface area contributed by atoms with Crippen molar-refractivity contribution in [1.29, 1.82) is 0 Å². The average Bonchev–Trinajstić information content (AvgIpc) is 2.46. The summed E-state index contributed by atoms with van der Waals surface area (Å²) in [7, 11) is 1.79. The maximum Gasteiger partial charge on any atom is 0.0885 e. The molecule has 1 atom stereocenters. The fourth-order valence-electron chi connectivity index (χ4n) is 3.20. The zero-order valence-electron chi connectivity index (χ0n) is 12.6. The normalized spacial score (nSPS) is 28.4. The summed E-state index contributed by atoms with van der Waals surface area (Å²) < 4.78 is 5.92. The highest BCUT2D eigenvalue weighted by molar-refractivity contribution is 6.31. The Hall–Kier alpha value is -0.610. The van der Waals surface area contributed by atoms with E-state index >= 15 is 0 Å². The number of hydrogen-bond donors (Lipinski definition) is 2. The number of nitrogens with one attached hydrogen (secondary N) is 1. The lowest BCUT2D eigenvalue weighted by atomic mass is 9.73. The van der Waals surface area contributed by atoms with Gasteiger partial charge < -0.3 is 4.74 Å². The van der Waals surface area contributed by atoms with E-state index in [1.54, 1.807) is 7.11 Å². The number of benzene rings is 1. The van der Waals surface area contributed by atoms with E-state index in [1.807, 2.05) is 19.1 Å². The van der Waals surface area contributed by atoms with Crippen molar-refractivity contribution in [3.05, 3.63) is 34.3 Å². The summed E-state index contributed by atoms with van der Waals surface area (Å²) in [5, 5.41) is 0.776. The van der Waals surface area contributed by atoms with Crippen LogP contribution in [0, 0.1) is 12.8 Å². The van der Waals surface area contributed by atoms with Crippen LogP contribution in [0.4, 0.5) is 0 Å². The van der Waals surface area contributed by atoms with Gasteiger partial charge in [0.25, 0.3) is 0 Å². The minimum atomic E-state index is -0.236. The molecule has 3 nitrogen and oxygen atoms in total. The minimum absolute atomic E-state index is 0.0295. The summed E-state index contributed by atoms with van der Waals surface area (Å²) in [5.41, 5.74) is 4.90. The zero-order chi connectivity index (χ0) is 14.8. The van der Waals surface area contributed by atoms with Crippen LogP contribution in [0.5, 0.6) is 0 Å². The van der Waals surface area contributed by atoms with E-state index < -0.39 is 0 Å². The molecule has 1 aliphatic rings. The topological polar surface area (TPSA) is 47.3 Å². The van der Waals surface area contributed by atoms with Crippen LogP contribution in [0.15, 0.2) is 18.2 Å². The van der Waals surface area contributed by atoms with Gasteiger partial charge in [-0.1, -0.05) is 30.7 Å². The highest BCUT2D eigenvalue weighted by Gasteiger charge is 2.42. The average molecular weight is 297 g/mol. The van der Waals surface area contributed by atoms with Crippen molar-refractivity contribution < 1.29 is 4.74 Å². The fraction of sp³-hybridized carbons (Fsp3) is 0.625. The molecule has 0 bridgehead atoms.